The number of aromatic nitrogens is 3. The van der Waals surface area contributed by atoms with E-state index in [0.29, 0.717) is 35.1 Å². The molecule has 0 unspecified atom stereocenters. The highest BCUT2D eigenvalue weighted by molar-refractivity contribution is 5.67. The average molecular weight is 387 g/mol. The lowest BCUT2D eigenvalue weighted by Gasteiger charge is -2.13. The van der Waals surface area contributed by atoms with Crippen LogP contribution in [0.5, 0.6) is 0 Å². The minimum absolute atomic E-state index is 0.350. The van der Waals surface area contributed by atoms with E-state index in [-0.39, 0.29) is 0 Å². The molecule has 8 heteroatoms. The zero-order valence-electron chi connectivity index (χ0n) is 15.5. The summed E-state index contributed by atoms with van der Waals surface area (Å²) in [5, 5.41) is 3.20. The number of nitrogens with zero attached hydrogens (tertiary/aromatic N) is 4. The number of benzene rings is 1. The van der Waals surface area contributed by atoms with Gasteiger partial charge in [-0.3, -0.25) is 4.98 Å². The van der Waals surface area contributed by atoms with Gasteiger partial charge in [-0.15, -0.1) is 0 Å². The quantitative estimate of drug-likeness (QED) is 0.687. The third kappa shape index (κ3) is 5.04. The molecule has 0 saturated carbocycles. The van der Waals surface area contributed by atoms with Crippen LogP contribution in [0.2, 0.25) is 0 Å². The monoisotopic (exact) mass is 387 g/mol. The van der Waals surface area contributed by atoms with Gasteiger partial charge >= 0.3 is 6.18 Å². The Kier molecular flexibility index (Phi) is 5.89. The predicted molar refractivity (Wildman–Crippen MR) is 103 cm³/mol. The molecule has 146 valence electrons. The Morgan fingerprint density at radius 2 is 1.79 bits per heavy atom. The highest BCUT2D eigenvalue weighted by Crippen LogP contribution is 2.32. The van der Waals surface area contributed by atoms with E-state index in [1.54, 1.807) is 30.5 Å². The van der Waals surface area contributed by atoms with E-state index in [4.69, 9.17) is 0 Å². The lowest BCUT2D eigenvalue weighted by atomic mass is 10.1. The fourth-order valence-corrected chi connectivity index (χ4v) is 2.56. The van der Waals surface area contributed by atoms with Crippen LogP contribution in [0, 0.1) is 0 Å². The van der Waals surface area contributed by atoms with Crippen LogP contribution in [-0.4, -0.2) is 47.0 Å². The number of alkyl halides is 3. The summed E-state index contributed by atoms with van der Waals surface area (Å²) in [6.45, 7) is 1.41. The van der Waals surface area contributed by atoms with Crippen LogP contribution in [0.1, 0.15) is 5.56 Å². The summed E-state index contributed by atoms with van der Waals surface area (Å²) >= 11 is 0. The minimum atomic E-state index is -4.42. The smallest absolute Gasteiger partial charge is 0.369 e. The van der Waals surface area contributed by atoms with E-state index in [1.165, 1.54) is 6.07 Å². The lowest BCUT2D eigenvalue weighted by molar-refractivity contribution is -0.137. The van der Waals surface area contributed by atoms with Crippen molar-refractivity contribution >= 4 is 5.82 Å². The van der Waals surface area contributed by atoms with Crippen LogP contribution in [0.4, 0.5) is 19.0 Å². The summed E-state index contributed by atoms with van der Waals surface area (Å²) in [7, 11) is 3.91. The molecule has 0 aliphatic rings. The second-order valence-electron chi connectivity index (χ2n) is 6.49. The standard InChI is InChI=1S/C20H20F3N5/c1-28(2)11-10-25-18-13-17(14-6-5-7-15(12-14)20(21,22)23)26-19(27-18)16-8-3-4-9-24-16/h3-9,12-13H,10-11H2,1-2H3,(H,25,26,27). The van der Waals surface area contributed by atoms with Crippen molar-refractivity contribution in [3.63, 3.8) is 0 Å². The van der Waals surface area contributed by atoms with Crippen molar-refractivity contribution in [2.45, 2.75) is 6.18 Å². The van der Waals surface area contributed by atoms with Gasteiger partial charge in [0.05, 0.1) is 11.3 Å². The molecule has 0 bridgehead atoms. The Morgan fingerprint density at radius 1 is 0.964 bits per heavy atom. The zero-order chi connectivity index (χ0) is 20.1. The first-order valence-electron chi connectivity index (χ1n) is 8.69. The fourth-order valence-electron chi connectivity index (χ4n) is 2.56. The van der Waals surface area contributed by atoms with Crippen molar-refractivity contribution < 1.29 is 13.2 Å². The third-order valence-corrected chi connectivity index (χ3v) is 3.97. The molecule has 0 saturated heterocycles. The Bertz CT molecular complexity index is 927. The Labute approximate surface area is 161 Å². The molecular weight excluding hydrogens is 367 g/mol. The third-order valence-electron chi connectivity index (χ3n) is 3.97. The molecule has 0 aliphatic carbocycles. The van der Waals surface area contributed by atoms with Crippen molar-refractivity contribution in [1.82, 2.24) is 19.9 Å². The molecule has 28 heavy (non-hydrogen) atoms. The van der Waals surface area contributed by atoms with Crippen molar-refractivity contribution in [2.75, 3.05) is 32.5 Å². The summed E-state index contributed by atoms with van der Waals surface area (Å²) in [5.41, 5.74) is 0.594. The van der Waals surface area contributed by atoms with E-state index in [0.717, 1.165) is 18.7 Å². The molecule has 2 heterocycles. The maximum absolute atomic E-state index is 13.1. The normalized spacial score (nSPS) is 11.6. The van der Waals surface area contributed by atoms with Gasteiger partial charge in [0.15, 0.2) is 5.82 Å². The maximum atomic E-state index is 13.1. The molecule has 0 spiro atoms. The SMILES string of the molecule is CN(C)CCNc1cc(-c2cccc(C(F)(F)F)c2)nc(-c2ccccn2)n1. The first-order chi connectivity index (χ1) is 13.3. The molecule has 0 fully saturated rings. The van der Waals surface area contributed by atoms with Crippen molar-refractivity contribution in [1.29, 1.82) is 0 Å². The van der Waals surface area contributed by atoms with Gasteiger partial charge < -0.3 is 10.2 Å². The number of anilines is 1. The first kappa shape index (κ1) is 19.8. The van der Waals surface area contributed by atoms with Gasteiger partial charge in [0.25, 0.3) is 0 Å². The number of pyridine rings is 1. The van der Waals surface area contributed by atoms with E-state index in [1.807, 2.05) is 25.1 Å². The van der Waals surface area contributed by atoms with Crippen molar-refractivity contribution in [3.05, 3.63) is 60.3 Å². The number of halogens is 3. The molecule has 0 aliphatic heterocycles. The summed E-state index contributed by atoms with van der Waals surface area (Å²) in [6.07, 6.45) is -2.80. The number of likely N-dealkylation sites (N-methyl/N-ethyl adjacent to an activating group) is 1. The van der Waals surface area contributed by atoms with Crippen molar-refractivity contribution in [3.8, 4) is 22.8 Å². The van der Waals surface area contributed by atoms with Gasteiger partial charge in [-0.25, -0.2) is 9.97 Å². The predicted octanol–water partition coefficient (Wildman–Crippen LogP) is 4.20. The van der Waals surface area contributed by atoms with Crippen LogP contribution in [-0.2, 0) is 6.18 Å². The molecular formula is C20H20F3N5. The molecule has 3 aromatic rings. The topological polar surface area (TPSA) is 53.9 Å². The summed E-state index contributed by atoms with van der Waals surface area (Å²) in [6, 6.07) is 12.1. The van der Waals surface area contributed by atoms with Crippen LogP contribution < -0.4 is 5.32 Å². The second-order valence-corrected chi connectivity index (χ2v) is 6.49. The Hall–Kier alpha value is -3.00. The van der Waals surface area contributed by atoms with Crippen LogP contribution in [0.15, 0.2) is 54.7 Å². The molecule has 0 radical (unpaired) electrons. The summed E-state index contributed by atoms with van der Waals surface area (Å²) in [5.74, 6) is 0.882. The number of rotatable bonds is 6. The van der Waals surface area contributed by atoms with Crippen LogP contribution >= 0.6 is 0 Å². The highest BCUT2D eigenvalue weighted by atomic mass is 19.4. The first-order valence-corrected chi connectivity index (χ1v) is 8.69. The van der Waals surface area contributed by atoms with Gasteiger partial charge in [0.2, 0.25) is 0 Å². The number of hydrogen-bond donors (Lipinski definition) is 1. The molecule has 3 rings (SSSR count). The van der Waals surface area contributed by atoms with Gasteiger partial charge in [-0.05, 0) is 38.4 Å². The van der Waals surface area contributed by atoms with E-state index in [9.17, 15) is 13.2 Å². The molecule has 0 amide bonds. The Balaban J connectivity index is 2.02. The largest absolute Gasteiger partial charge is 0.416 e. The maximum Gasteiger partial charge on any atom is 0.416 e. The van der Waals surface area contributed by atoms with Gasteiger partial charge in [-0.1, -0.05) is 18.2 Å². The van der Waals surface area contributed by atoms with Crippen LogP contribution in [0.3, 0.4) is 0 Å². The molecule has 1 aromatic carbocycles. The van der Waals surface area contributed by atoms with Crippen LogP contribution in [0.25, 0.3) is 22.8 Å². The zero-order valence-corrected chi connectivity index (χ0v) is 15.5. The molecule has 2 aromatic heterocycles. The molecule has 5 nitrogen and oxygen atoms in total. The number of hydrogen-bond acceptors (Lipinski definition) is 5. The minimum Gasteiger partial charge on any atom is -0.369 e. The highest BCUT2D eigenvalue weighted by Gasteiger charge is 2.30. The van der Waals surface area contributed by atoms with E-state index >= 15 is 0 Å². The summed E-state index contributed by atoms with van der Waals surface area (Å²) in [4.78, 5) is 15.2. The Morgan fingerprint density at radius 3 is 2.46 bits per heavy atom. The van der Waals surface area contributed by atoms with Gasteiger partial charge in [-0.2, -0.15) is 13.2 Å². The van der Waals surface area contributed by atoms with Crippen molar-refractivity contribution in [2.24, 2.45) is 0 Å². The van der Waals surface area contributed by atoms with Gasteiger partial charge in [0, 0.05) is 30.9 Å². The number of nitrogens with one attached hydrogen (secondary N) is 1. The van der Waals surface area contributed by atoms with E-state index < -0.39 is 11.7 Å². The van der Waals surface area contributed by atoms with E-state index in [2.05, 4.69) is 20.3 Å². The molecule has 1 N–H and O–H groups in total. The fraction of sp³-hybridized carbons (Fsp3) is 0.250. The van der Waals surface area contributed by atoms with Gasteiger partial charge in [0.1, 0.15) is 11.5 Å². The lowest BCUT2D eigenvalue weighted by Crippen LogP contribution is -2.21. The molecule has 0 atom stereocenters. The second kappa shape index (κ2) is 8.35. The average Bonchev–Trinajstić information content (AvgIpc) is 2.68. The summed E-state index contributed by atoms with van der Waals surface area (Å²) < 4.78 is 39.3.